The first-order valence-electron chi connectivity index (χ1n) is 12.2. The van der Waals surface area contributed by atoms with E-state index in [-0.39, 0.29) is 29.2 Å². The number of aromatic nitrogens is 2. The number of thioether (sulfide) groups is 1. The molecule has 35 heavy (non-hydrogen) atoms. The van der Waals surface area contributed by atoms with Crippen LogP contribution in [0.4, 0.5) is 0 Å². The van der Waals surface area contributed by atoms with Gasteiger partial charge in [-0.25, -0.2) is 4.98 Å². The molecule has 184 valence electrons. The van der Waals surface area contributed by atoms with Gasteiger partial charge < -0.3 is 10.1 Å². The van der Waals surface area contributed by atoms with E-state index in [1.807, 2.05) is 30.3 Å². The summed E-state index contributed by atoms with van der Waals surface area (Å²) in [6.45, 7) is 2.48. The lowest BCUT2D eigenvalue weighted by Crippen LogP contribution is -2.36. The Bertz CT molecular complexity index is 1240. The predicted molar refractivity (Wildman–Crippen MR) is 138 cm³/mol. The van der Waals surface area contributed by atoms with Crippen molar-refractivity contribution in [3.05, 3.63) is 70.0 Å². The summed E-state index contributed by atoms with van der Waals surface area (Å²) in [5.74, 6) is -0.449. The number of hydrogen-bond donors (Lipinski definition) is 1. The second-order valence-corrected chi connectivity index (χ2v) is 9.66. The summed E-state index contributed by atoms with van der Waals surface area (Å²) in [7, 11) is 0. The number of nitrogens with one attached hydrogen (secondary N) is 1. The zero-order valence-corrected chi connectivity index (χ0v) is 20.8. The number of hydrogen-bond acceptors (Lipinski definition) is 6. The van der Waals surface area contributed by atoms with Crippen LogP contribution in [0, 0.1) is 0 Å². The molecule has 0 bridgehead atoms. The van der Waals surface area contributed by atoms with E-state index in [0.717, 1.165) is 31.2 Å². The van der Waals surface area contributed by atoms with Crippen molar-refractivity contribution in [1.29, 1.82) is 0 Å². The second kappa shape index (κ2) is 12.0. The number of carbonyl (C=O) groups is 2. The van der Waals surface area contributed by atoms with Crippen LogP contribution >= 0.6 is 11.8 Å². The standard InChI is InChI=1S/C27H31N3O4S/c1-2-34-24(31)18-35-27-29-23-17-20(25(32)28-21-11-7-4-8-12-21)13-14-22(23)26(33)30(27)16-15-19-9-5-3-6-10-19/h3,5-6,9-10,13-14,17,21H,2,4,7-8,11-12,15-16,18H2,1H3,(H,28,32). The molecule has 1 heterocycles. The van der Waals surface area contributed by atoms with E-state index in [9.17, 15) is 14.4 Å². The van der Waals surface area contributed by atoms with Gasteiger partial charge in [-0.15, -0.1) is 0 Å². The van der Waals surface area contributed by atoms with Crippen molar-refractivity contribution in [1.82, 2.24) is 14.9 Å². The SMILES string of the molecule is CCOC(=O)CSc1nc2cc(C(=O)NC3CCCCC3)ccc2c(=O)n1CCc1ccccc1. The number of aryl methyl sites for hydroxylation is 1. The lowest BCUT2D eigenvalue weighted by molar-refractivity contribution is -0.139. The molecule has 3 aromatic rings. The van der Waals surface area contributed by atoms with E-state index in [2.05, 4.69) is 5.32 Å². The molecular formula is C27H31N3O4S. The number of carbonyl (C=O) groups excluding carboxylic acids is 2. The fourth-order valence-corrected chi connectivity index (χ4v) is 5.20. The normalized spacial score (nSPS) is 14.1. The number of benzene rings is 2. The fraction of sp³-hybridized carbons (Fsp3) is 0.407. The topological polar surface area (TPSA) is 90.3 Å². The van der Waals surface area contributed by atoms with Crippen LogP contribution in [-0.4, -0.2) is 39.8 Å². The zero-order valence-electron chi connectivity index (χ0n) is 20.0. The van der Waals surface area contributed by atoms with Gasteiger partial charge in [0.15, 0.2) is 5.16 Å². The Labute approximate surface area is 209 Å². The summed E-state index contributed by atoms with van der Waals surface area (Å²) in [5.41, 5.74) is 1.86. The number of rotatable bonds is 9. The van der Waals surface area contributed by atoms with E-state index in [1.54, 1.807) is 29.7 Å². The van der Waals surface area contributed by atoms with Gasteiger partial charge in [0.2, 0.25) is 0 Å². The number of amides is 1. The van der Waals surface area contributed by atoms with Crippen molar-refractivity contribution >= 4 is 34.5 Å². The van der Waals surface area contributed by atoms with Crippen LogP contribution in [0.3, 0.4) is 0 Å². The highest BCUT2D eigenvalue weighted by atomic mass is 32.2. The molecule has 1 N–H and O–H groups in total. The maximum atomic E-state index is 13.4. The van der Waals surface area contributed by atoms with Gasteiger partial charge in [0.25, 0.3) is 11.5 Å². The summed E-state index contributed by atoms with van der Waals surface area (Å²) in [6, 6.07) is 15.2. The molecule has 0 unspecified atom stereocenters. The molecule has 1 aliphatic rings. The highest BCUT2D eigenvalue weighted by Crippen LogP contribution is 2.21. The molecule has 0 radical (unpaired) electrons. The van der Waals surface area contributed by atoms with E-state index < -0.39 is 0 Å². The van der Waals surface area contributed by atoms with Gasteiger partial charge in [0.1, 0.15) is 0 Å². The summed E-state index contributed by atoms with van der Waals surface area (Å²) < 4.78 is 6.66. The van der Waals surface area contributed by atoms with Gasteiger partial charge in [0.05, 0.1) is 23.3 Å². The van der Waals surface area contributed by atoms with Crippen molar-refractivity contribution in [3.63, 3.8) is 0 Å². The van der Waals surface area contributed by atoms with Gasteiger partial charge in [-0.1, -0.05) is 61.4 Å². The Morgan fingerprint density at radius 1 is 1.11 bits per heavy atom. The van der Waals surface area contributed by atoms with Crippen molar-refractivity contribution < 1.29 is 14.3 Å². The number of fused-ring (bicyclic) bond motifs is 1. The predicted octanol–water partition coefficient (Wildman–Crippen LogP) is 4.36. The zero-order chi connectivity index (χ0) is 24.6. The molecule has 1 aliphatic carbocycles. The number of ether oxygens (including phenoxy) is 1. The maximum absolute atomic E-state index is 13.4. The maximum Gasteiger partial charge on any atom is 0.316 e. The summed E-state index contributed by atoms with van der Waals surface area (Å²) in [4.78, 5) is 43.0. The Hall–Kier alpha value is -3.13. The van der Waals surface area contributed by atoms with Crippen LogP contribution in [0.2, 0.25) is 0 Å². The molecule has 8 heteroatoms. The summed E-state index contributed by atoms with van der Waals surface area (Å²) in [5, 5.41) is 4.01. The molecule has 1 saturated carbocycles. The van der Waals surface area contributed by atoms with Gasteiger partial charge >= 0.3 is 5.97 Å². The van der Waals surface area contributed by atoms with Crippen molar-refractivity contribution in [3.8, 4) is 0 Å². The highest BCUT2D eigenvalue weighted by molar-refractivity contribution is 7.99. The second-order valence-electron chi connectivity index (χ2n) is 8.72. The lowest BCUT2D eigenvalue weighted by Gasteiger charge is -2.22. The van der Waals surface area contributed by atoms with Crippen LogP contribution in [-0.2, 0) is 22.5 Å². The minimum Gasteiger partial charge on any atom is -0.465 e. The van der Waals surface area contributed by atoms with Crippen LogP contribution in [0.25, 0.3) is 10.9 Å². The quantitative estimate of drug-likeness (QED) is 0.271. The van der Waals surface area contributed by atoms with E-state index >= 15 is 0 Å². The highest BCUT2D eigenvalue weighted by Gasteiger charge is 2.19. The molecule has 1 fully saturated rings. The first-order valence-corrected chi connectivity index (χ1v) is 13.2. The molecule has 1 aromatic heterocycles. The van der Waals surface area contributed by atoms with Crippen LogP contribution in [0.15, 0.2) is 58.5 Å². The monoisotopic (exact) mass is 493 g/mol. The molecular weight excluding hydrogens is 462 g/mol. The third kappa shape index (κ3) is 6.51. The minimum atomic E-state index is -0.359. The van der Waals surface area contributed by atoms with Crippen molar-refractivity contribution in [2.45, 2.75) is 63.2 Å². The molecule has 4 rings (SSSR count). The van der Waals surface area contributed by atoms with Gasteiger partial charge in [-0.3, -0.25) is 19.0 Å². The lowest BCUT2D eigenvalue weighted by atomic mass is 9.95. The third-order valence-electron chi connectivity index (χ3n) is 6.21. The van der Waals surface area contributed by atoms with Crippen molar-refractivity contribution in [2.24, 2.45) is 0 Å². The van der Waals surface area contributed by atoms with E-state index in [1.165, 1.54) is 18.2 Å². The first-order chi connectivity index (χ1) is 17.0. The van der Waals surface area contributed by atoms with E-state index in [4.69, 9.17) is 9.72 Å². The molecule has 0 spiro atoms. The van der Waals surface area contributed by atoms with Gasteiger partial charge in [-0.05, 0) is 49.9 Å². The first kappa shape index (κ1) is 25.0. The molecule has 0 saturated heterocycles. The molecule has 7 nitrogen and oxygen atoms in total. The van der Waals surface area contributed by atoms with Crippen LogP contribution in [0.5, 0.6) is 0 Å². The van der Waals surface area contributed by atoms with Gasteiger partial charge in [0, 0.05) is 18.2 Å². The van der Waals surface area contributed by atoms with Crippen LogP contribution in [0.1, 0.15) is 54.9 Å². The molecule has 0 atom stereocenters. The Morgan fingerprint density at radius 3 is 2.63 bits per heavy atom. The molecule has 2 aromatic carbocycles. The molecule has 1 amide bonds. The summed E-state index contributed by atoms with van der Waals surface area (Å²) >= 11 is 1.18. The Morgan fingerprint density at radius 2 is 1.89 bits per heavy atom. The number of nitrogens with zero attached hydrogens (tertiary/aromatic N) is 2. The average molecular weight is 494 g/mol. The van der Waals surface area contributed by atoms with Crippen molar-refractivity contribution in [2.75, 3.05) is 12.4 Å². The largest absolute Gasteiger partial charge is 0.465 e. The third-order valence-corrected chi connectivity index (χ3v) is 7.16. The Kier molecular flexibility index (Phi) is 8.58. The van der Waals surface area contributed by atoms with E-state index in [0.29, 0.717) is 41.2 Å². The summed E-state index contributed by atoms with van der Waals surface area (Å²) in [6.07, 6.45) is 6.14. The Balaban J connectivity index is 1.62. The van der Waals surface area contributed by atoms with Gasteiger partial charge in [-0.2, -0.15) is 0 Å². The number of esters is 1. The molecule has 0 aliphatic heterocycles. The fourth-order valence-electron chi connectivity index (χ4n) is 4.38. The van der Waals surface area contributed by atoms with Crippen LogP contribution < -0.4 is 10.9 Å². The average Bonchev–Trinajstić information content (AvgIpc) is 2.88. The minimum absolute atomic E-state index is 0.0545. The smallest absolute Gasteiger partial charge is 0.316 e.